The smallest absolute Gasteiger partial charge is 0.306 e. The molecule has 0 aliphatic heterocycles. The molecule has 0 saturated carbocycles. The van der Waals surface area contributed by atoms with Crippen molar-refractivity contribution >= 4 is 28.6 Å². The van der Waals surface area contributed by atoms with Gasteiger partial charge in [0, 0.05) is 5.56 Å². The van der Waals surface area contributed by atoms with Crippen LogP contribution in [0.5, 0.6) is 5.75 Å². The summed E-state index contributed by atoms with van der Waals surface area (Å²) in [6.45, 7) is 0.110. The second kappa shape index (κ2) is 8.12. The monoisotopic (exact) mass is 346 g/mol. The van der Waals surface area contributed by atoms with Gasteiger partial charge in [0.05, 0.1) is 13.0 Å². The fraction of sp³-hybridized carbons (Fsp3) is 0.0909. The maximum absolute atomic E-state index is 12.4. The fourth-order valence-corrected chi connectivity index (χ4v) is 2.57. The van der Waals surface area contributed by atoms with Crippen LogP contribution in [0.2, 0.25) is 0 Å². The molecule has 0 unspecified atom stereocenters. The second-order valence-electron chi connectivity index (χ2n) is 5.82. The van der Waals surface area contributed by atoms with Crippen LogP contribution in [0.15, 0.2) is 72.8 Å². The normalized spacial score (nSPS) is 10.9. The van der Waals surface area contributed by atoms with Crippen molar-refractivity contribution in [3.8, 4) is 5.75 Å². The molecule has 0 bridgehead atoms. The summed E-state index contributed by atoms with van der Waals surface area (Å²) >= 11 is 0. The van der Waals surface area contributed by atoms with Crippen molar-refractivity contribution in [3.05, 3.63) is 83.9 Å². The van der Waals surface area contributed by atoms with Crippen LogP contribution < -0.4 is 4.74 Å². The van der Waals surface area contributed by atoms with Gasteiger partial charge in [-0.3, -0.25) is 9.59 Å². The number of allylic oxidation sites excluding steroid dienone is 1. The lowest BCUT2D eigenvalue weighted by Crippen LogP contribution is -2.04. The third-order valence-corrected chi connectivity index (χ3v) is 3.90. The highest BCUT2D eigenvalue weighted by Gasteiger charge is 2.03. The molecule has 0 aromatic heterocycles. The van der Waals surface area contributed by atoms with Crippen molar-refractivity contribution in [2.24, 2.45) is 0 Å². The number of ether oxygens (including phenoxy) is 1. The number of carboxylic acids is 1. The summed E-state index contributed by atoms with van der Waals surface area (Å²) in [7, 11) is 0. The second-order valence-corrected chi connectivity index (χ2v) is 5.82. The van der Waals surface area contributed by atoms with Gasteiger partial charge in [-0.05, 0) is 40.6 Å². The number of rotatable bonds is 7. The first-order chi connectivity index (χ1) is 12.6. The zero-order valence-electron chi connectivity index (χ0n) is 14.1. The van der Waals surface area contributed by atoms with Gasteiger partial charge in [-0.15, -0.1) is 0 Å². The van der Waals surface area contributed by atoms with Gasteiger partial charge in [0.2, 0.25) is 0 Å². The molecule has 0 aliphatic carbocycles. The summed E-state index contributed by atoms with van der Waals surface area (Å²) in [6, 6.07) is 20.7. The Balaban J connectivity index is 1.70. The lowest BCUT2D eigenvalue weighted by Gasteiger charge is -2.05. The average Bonchev–Trinajstić information content (AvgIpc) is 2.66. The highest BCUT2D eigenvalue weighted by Crippen LogP contribution is 2.18. The van der Waals surface area contributed by atoms with E-state index in [4.69, 9.17) is 9.84 Å². The summed E-state index contributed by atoms with van der Waals surface area (Å²) in [5, 5.41) is 10.8. The molecule has 26 heavy (non-hydrogen) atoms. The quantitative estimate of drug-likeness (QED) is 0.502. The van der Waals surface area contributed by atoms with E-state index in [1.54, 1.807) is 24.3 Å². The number of carbonyl (C=O) groups excluding carboxylic acids is 1. The topological polar surface area (TPSA) is 63.6 Å². The Morgan fingerprint density at radius 2 is 1.73 bits per heavy atom. The highest BCUT2D eigenvalue weighted by molar-refractivity contribution is 6.08. The molecule has 0 amide bonds. The molecule has 0 heterocycles. The zero-order chi connectivity index (χ0) is 18.4. The number of ketones is 1. The zero-order valence-corrected chi connectivity index (χ0v) is 14.1. The Hall–Kier alpha value is -3.40. The van der Waals surface area contributed by atoms with Gasteiger partial charge in [-0.2, -0.15) is 0 Å². The van der Waals surface area contributed by atoms with Crippen LogP contribution in [0, 0.1) is 0 Å². The van der Waals surface area contributed by atoms with Gasteiger partial charge < -0.3 is 9.84 Å². The van der Waals surface area contributed by atoms with E-state index in [0.29, 0.717) is 11.3 Å². The maximum atomic E-state index is 12.4. The molecule has 3 aromatic rings. The first-order valence-electron chi connectivity index (χ1n) is 8.28. The van der Waals surface area contributed by atoms with Crippen LogP contribution in [0.4, 0.5) is 0 Å². The number of hydrogen-bond donors (Lipinski definition) is 1. The lowest BCUT2D eigenvalue weighted by atomic mass is 10.0. The summed E-state index contributed by atoms with van der Waals surface area (Å²) in [6.07, 6.45) is 3.20. The predicted molar refractivity (Wildman–Crippen MR) is 102 cm³/mol. The number of fused-ring (bicyclic) bond motifs is 1. The standard InChI is InChI=1S/C22H18O4/c23-21(19-10-9-17-5-1-2-6-18(17)15-19)11-8-16-4-3-7-20(14-16)26-13-12-22(24)25/h1-11,14-15H,12-13H2,(H,24,25). The van der Waals surface area contributed by atoms with E-state index < -0.39 is 5.97 Å². The van der Waals surface area contributed by atoms with Gasteiger partial charge in [0.1, 0.15) is 5.75 Å². The Bertz CT molecular complexity index is 973. The van der Waals surface area contributed by atoms with Crippen molar-refractivity contribution in [2.75, 3.05) is 6.61 Å². The number of carbonyl (C=O) groups is 2. The molecule has 0 saturated heterocycles. The summed E-state index contributed by atoms with van der Waals surface area (Å²) in [4.78, 5) is 22.9. The van der Waals surface area contributed by atoms with Gasteiger partial charge in [0.15, 0.2) is 5.78 Å². The van der Waals surface area contributed by atoms with Gasteiger partial charge in [-0.1, -0.05) is 54.6 Å². The minimum Gasteiger partial charge on any atom is -0.493 e. The summed E-state index contributed by atoms with van der Waals surface area (Å²) in [5.74, 6) is -0.401. The Morgan fingerprint density at radius 1 is 0.923 bits per heavy atom. The van der Waals surface area contributed by atoms with Gasteiger partial charge in [-0.25, -0.2) is 0 Å². The third kappa shape index (κ3) is 4.57. The molecule has 3 aromatic carbocycles. The van der Waals surface area contributed by atoms with Crippen LogP contribution in [-0.2, 0) is 4.79 Å². The molecule has 0 spiro atoms. The van der Waals surface area contributed by atoms with Gasteiger partial charge in [0.25, 0.3) is 0 Å². The molecule has 130 valence electrons. The fourth-order valence-electron chi connectivity index (χ4n) is 2.57. The van der Waals surface area contributed by atoms with E-state index >= 15 is 0 Å². The molecule has 0 aliphatic rings. The molecule has 0 radical (unpaired) electrons. The number of hydrogen-bond acceptors (Lipinski definition) is 3. The van der Waals surface area contributed by atoms with Crippen molar-refractivity contribution < 1.29 is 19.4 Å². The maximum Gasteiger partial charge on any atom is 0.306 e. The molecule has 3 rings (SSSR count). The number of aliphatic carboxylic acids is 1. The number of carboxylic acid groups (broad SMARTS) is 1. The molecule has 0 atom stereocenters. The van der Waals surface area contributed by atoms with Crippen LogP contribution in [-0.4, -0.2) is 23.5 Å². The van der Waals surface area contributed by atoms with Crippen molar-refractivity contribution in [3.63, 3.8) is 0 Å². The Kier molecular flexibility index (Phi) is 5.44. The molecule has 4 heteroatoms. The lowest BCUT2D eigenvalue weighted by molar-refractivity contribution is -0.137. The van der Waals surface area contributed by atoms with Gasteiger partial charge >= 0.3 is 5.97 Å². The molecule has 1 N–H and O–H groups in total. The summed E-state index contributed by atoms with van der Waals surface area (Å²) in [5.41, 5.74) is 1.45. The summed E-state index contributed by atoms with van der Waals surface area (Å²) < 4.78 is 5.40. The molecule has 4 nitrogen and oxygen atoms in total. The van der Waals surface area contributed by atoms with Crippen molar-refractivity contribution in [2.45, 2.75) is 6.42 Å². The Morgan fingerprint density at radius 3 is 2.54 bits per heavy atom. The number of benzene rings is 3. The predicted octanol–water partition coefficient (Wildman–Crippen LogP) is 4.59. The van der Waals surface area contributed by atoms with Crippen molar-refractivity contribution in [1.29, 1.82) is 0 Å². The minimum atomic E-state index is -0.901. The third-order valence-electron chi connectivity index (χ3n) is 3.90. The van der Waals surface area contributed by atoms with E-state index in [1.807, 2.05) is 48.5 Å². The van der Waals surface area contributed by atoms with Crippen molar-refractivity contribution in [1.82, 2.24) is 0 Å². The van der Waals surface area contributed by atoms with E-state index in [2.05, 4.69) is 0 Å². The first-order valence-corrected chi connectivity index (χ1v) is 8.28. The molecular weight excluding hydrogens is 328 g/mol. The van der Waals surface area contributed by atoms with Crippen LogP contribution in [0.25, 0.3) is 16.8 Å². The highest BCUT2D eigenvalue weighted by atomic mass is 16.5. The van der Waals surface area contributed by atoms with E-state index in [0.717, 1.165) is 16.3 Å². The average molecular weight is 346 g/mol. The molecular formula is C22H18O4. The minimum absolute atomic E-state index is 0.0550. The van der Waals surface area contributed by atoms with E-state index in [9.17, 15) is 9.59 Å². The first kappa shape index (κ1) is 17.4. The Labute approximate surface area is 151 Å². The van der Waals surface area contributed by atoms with Crippen LogP contribution in [0.1, 0.15) is 22.3 Å². The van der Waals surface area contributed by atoms with E-state index in [-0.39, 0.29) is 18.8 Å². The van der Waals surface area contributed by atoms with Crippen LogP contribution >= 0.6 is 0 Å². The molecule has 0 fully saturated rings. The van der Waals surface area contributed by atoms with Crippen LogP contribution in [0.3, 0.4) is 0 Å². The SMILES string of the molecule is O=C(O)CCOc1cccc(C=CC(=O)c2ccc3ccccc3c2)c1. The van der Waals surface area contributed by atoms with E-state index in [1.165, 1.54) is 6.08 Å². The largest absolute Gasteiger partial charge is 0.493 e.